The SMILES string of the molecule is Oc1ccc2c(c1)Oc1nonc1-c1cc(O)ccc1-2. The molecule has 0 saturated carbocycles. The van der Waals surface area contributed by atoms with Crippen molar-refractivity contribution in [2.75, 3.05) is 0 Å². The maximum atomic E-state index is 9.68. The molecule has 2 aromatic carbocycles. The van der Waals surface area contributed by atoms with Gasteiger partial charge in [0.25, 0.3) is 5.88 Å². The third-order valence-corrected chi connectivity index (χ3v) is 3.18. The van der Waals surface area contributed by atoms with Crippen molar-refractivity contribution in [2.24, 2.45) is 0 Å². The van der Waals surface area contributed by atoms with Gasteiger partial charge in [-0.15, -0.1) is 0 Å². The summed E-state index contributed by atoms with van der Waals surface area (Å²) in [7, 11) is 0. The zero-order valence-electron chi connectivity index (χ0n) is 10.1. The number of hydrogen-bond acceptors (Lipinski definition) is 6. The van der Waals surface area contributed by atoms with Crippen LogP contribution in [0.15, 0.2) is 41.0 Å². The molecule has 20 heavy (non-hydrogen) atoms. The summed E-state index contributed by atoms with van der Waals surface area (Å²) >= 11 is 0. The maximum Gasteiger partial charge on any atom is 0.289 e. The van der Waals surface area contributed by atoms with E-state index in [0.29, 0.717) is 17.0 Å². The second kappa shape index (κ2) is 3.74. The Labute approximate surface area is 112 Å². The fourth-order valence-corrected chi connectivity index (χ4v) is 2.30. The highest BCUT2D eigenvalue weighted by Crippen LogP contribution is 2.46. The zero-order chi connectivity index (χ0) is 13.7. The molecule has 0 saturated heterocycles. The lowest BCUT2D eigenvalue weighted by Crippen LogP contribution is -1.85. The molecule has 0 aliphatic carbocycles. The lowest BCUT2D eigenvalue weighted by Gasteiger charge is -2.08. The monoisotopic (exact) mass is 268 g/mol. The Hall–Kier alpha value is -3.02. The predicted octanol–water partition coefficient (Wildman–Crippen LogP) is 2.92. The van der Waals surface area contributed by atoms with E-state index in [9.17, 15) is 10.2 Å². The highest BCUT2D eigenvalue weighted by atomic mass is 16.6. The van der Waals surface area contributed by atoms with E-state index in [1.54, 1.807) is 30.3 Å². The molecule has 6 heteroatoms. The normalized spacial score (nSPS) is 11.8. The summed E-state index contributed by atoms with van der Waals surface area (Å²) in [6.07, 6.45) is 0. The van der Waals surface area contributed by atoms with Gasteiger partial charge >= 0.3 is 0 Å². The van der Waals surface area contributed by atoms with E-state index in [2.05, 4.69) is 10.3 Å². The molecule has 0 bridgehead atoms. The van der Waals surface area contributed by atoms with Crippen molar-refractivity contribution >= 4 is 0 Å². The molecule has 0 fully saturated rings. The van der Waals surface area contributed by atoms with E-state index in [4.69, 9.17) is 9.37 Å². The van der Waals surface area contributed by atoms with Gasteiger partial charge in [0, 0.05) is 17.2 Å². The van der Waals surface area contributed by atoms with E-state index in [1.165, 1.54) is 6.07 Å². The van der Waals surface area contributed by atoms with Crippen molar-refractivity contribution in [3.63, 3.8) is 0 Å². The summed E-state index contributed by atoms with van der Waals surface area (Å²) in [5.41, 5.74) is 2.65. The fraction of sp³-hybridized carbons (Fsp3) is 0. The second-order valence-electron chi connectivity index (χ2n) is 4.43. The Morgan fingerprint density at radius 2 is 1.55 bits per heavy atom. The van der Waals surface area contributed by atoms with Crippen LogP contribution in [0.1, 0.15) is 0 Å². The summed E-state index contributed by atoms with van der Waals surface area (Å²) < 4.78 is 10.3. The van der Waals surface area contributed by atoms with Crippen LogP contribution in [0.4, 0.5) is 0 Å². The number of benzene rings is 2. The van der Waals surface area contributed by atoms with Crippen molar-refractivity contribution in [3.05, 3.63) is 36.4 Å². The Kier molecular flexibility index (Phi) is 2.03. The molecule has 1 aliphatic heterocycles. The fourth-order valence-electron chi connectivity index (χ4n) is 2.30. The van der Waals surface area contributed by atoms with Crippen molar-refractivity contribution in [3.8, 4) is 45.5 Å². The highest BCUT2D eigenvalue weighted by Gasteiger charge is 2.25. The van der Waals surface area contributed by atoms with Crippen LogP contribution in [0.25, 0.3) is 22.4 Å². The van der Waals surface area contributed by atoms with Gasteiger partial charge in [0.2, 0.25) is 0 Å². The minimum Gasteiger partial charge on any atom is -0.508 e. The van der Waals surface area contributed by atoms with E-state index < -0.39 is 0 Å². The Bertz CT molecular complexity index is 826. The topological polar surface area (TPSA) is 88.6 Å². The van der Waals surface area contributed by atoms with E-state index in [-0.39, 0.29) is 17.4 Å². The molecule has 0 unspecified atom stereocenters. The van der Waals surface area contributed by atoms with Gasteiger partial charge in [0.1, 0.15) is 17.2 Å². The number of rotatable bonds is 0. The molecule has 0 radical (unpaired) electrons. The molecule has 6 nitrogen and oxygen atoms in total. The molecular weight excluding hydrogens is 260 g/mol. The van der Waals surface area contributed by atoms with Crippen LogP contribution in [0.3, 0.4) is 0 Å². The molecule has 0 atom stereocenters. The second-order valence-corrected chi connectivity index (χ2v) is 4.43. The van der Waals surface area contributed by atoms with Gasteiger partial charge in [-0.2, -0.15) is 0 Å². The number of aromatic nitrogens is 2. The summed E-state index contributed by atoms with van der Waals surface area (Å²) in [6.45, 7) is 0. The number of nitrogens with zero attached hydrogens (tertiary/aromatic N) is 2. The largest absolute Gasteiger partial charge is 0.508 e. The Morgan fingerprint density at radius 1 is 0.800 bits per heavy atom. The van der Waals surface area contributed by atoms with Crippen molar-refractivity contribution < 1.29 is 19.6 Å². The first-order chi connectivity index (χ1) is 9.72. The van der Waals surface area contributed by atoms with Crippen LogP contribution in [-0.4, -0.2) is 20.5 Å². The van der Waals surface area contributed by atoms with E-state index in [1.807, 2.05) is 0 Å². The molecule has 2 N–H and O–H groups in total. The molecule has 1 aliphatic rings. The van der Waals surface area contributed by atoms with Crippen LogP contribution in [0, 0.1) is 0 Å². The smallest absolute Gasteiger partial charge is 0.289 e. The van der Waals surface area contributed by atoms with Gasteiger partial charge in [0.15, 0.2) is 5.69 Å². The standard InChI is InChI=1S/C14H8N2O4/c17-7-1-3-9-10-4-2-8(18)6-12(10)19-14-13(11(9)5-7)15-20-16-14/h1-6,17-18H. The average Bonchev–Trinajstić information content (AvgIpc) is 2.83. The summed E-state index contributed by atoms with van der Waals surface area (Å²) in [6, 6.07) is 9.71. The predicted molar refractivity (Wildman–Crippen MR) is 68.6 cm³/mol. The van der Waals surface area contributed by atoms with Gasteiger partial charge in [-0.1, -0.05) is 0 Å². The van der Waals surface area contributed by atoms with E-state index in [0.717, 1.165) is 11.1 Å². The number of phenolic OH excluding ortho intramolecular Hbond substituents is 2. The third kappa shape index (κ3) is 1.45. The minimum absolute atomic E-state index is 0.0870. The highest BCUT2D eigenvalue weighted by molar-refractivity contribution is 5.89. The van der Waals surface area contributed by atoms with Crippen LogP contribution in [0.5, 0.6) is 23.1 Å². The number of aromatic hydroxyl groups is 2. The van der Waals surface area contributed by atoms with Crippen molar-refractivity contribution in [1.82, 2.24) is 10.3 Å². The van der Waals surface area contributed by atoms with Crippen molar-refractivity contribution in [1.29, 1.82) is 0 Å². The number of fused-ring (bicyclic) bond motifs is 5. The summed E-state index contributed by atoms with van der Waals surface area (Å²) in [5, 5.41) is 26.8. The Balaban J connectivity index is 2.11. The first-order valence-electron chi connectivity index (χ1n) is 5.89. The third-order valence-electron chi connectivity index (χ3n) is 3.18. The van der Waals surface area contributed by atoms with E-state index >= 15 is 0 Å². The summed E-state index contributed by atoms with van der Waals surface area (Å²) in [5.74, 6) is 0.844. The molecule has 0 amide bonds. The van der Waals surface area contributed by atoms with Crippen LogP contribution in [-0.2, 0) is 0 Å². The van der Waals surface area contributed by atoms with Gasteiger partial charge < -0.3 is 14.9 Å². The number of phenols is 2. The maximum absolute atomic E-state index is 9.68. The number of hydrogen-bond donors (Lipinski definition) is 2. The minimum atomic E-state index is 0.0870. The van der Waals surface area contributed by atoms with Crippen LogP contribution >= 0.6 is 0 Å². The molecule has 2 heterocycles. The lowest BCUT2D eigenvalue weighted by molar-refractivity contribution is 0.290. The average molecular weight is 268 g/mol. The van der Waals surface area contributed by atoms with Gasteiger partial charge in [-0.3, -0.25) is 0 Å². The van der Waals surface area contributed by atoms with Gasteiger partial charge in [-0.25, -0.2) is 4.63 Å². The lowest BCUT2D eigenvalue weighted by atomic mass is 9.97. The first-order valence-corrected chi connectivity index (χ1v) is 5.89. The molecular formula is C14H8N2O4. The van der Waals surface area contributed by atoms with Crippen LogP contribution < -0.4 is 4.74 Å². The molecule has 98 valence electrons. The molecule has 0 spiro atoms. The van der Waals surface area contributed by atoms with Crippen molar-refractivity contribution in [2.45, 2.75) is 0 Å². The molecule has 1 aromatic heterocycles. The van der Waals surface area contributed by atoms with Gasteiger partial charge in [0.05, 0.1) is 0 Å². The number of ether oxygens (including phenoxy) is 1. The Morgan fingerprint density at radius 3 is 2.40 bits per heavy atom. The first kappa shape index (κ1) is 10.9. The molecule has 4 rings (SSSR count). The van der Waals surface area contributed by atoms with Crippen LogP contribution in [0.2, 0.25) is 0 Å². The quantitative estimate of drug-likeness (QED) is 0.509. The van der Waals surface area contributed by atoms with Gasteiger partial charge in [-0.05, 0) is 46.2 Å². The zero-order valence-corrected chi connectivity index (χ0v) is 10.1. The molecule has 3 aromatic rings. The summed E-state index contributed by atoms with van der Waals surface area (Å²) in [4.78, 5) is 0.